The Bertz CT molecular complexity index is 556. The third-order valence-electron chi connectivity index (χ3n) is 2.56. The lowest BCUT2D eigenvalue weighted by atomic mass is 10.1. The molecule has 5 heteroatoms. The molecule has 0 aliphatic rings. The molecule has 0 fully saturated rings. The summed E-state index contributed by atoms with van der Waals surface area (Å²) < 4.78 is 11.4. The summed E-state index contributed by atoms with van der Waals surface area (Å²) in [6.07, 6.45) is 1.69. The van der Waals surface area contributed by atoms with Gasteiger partial charge >= 0.3 is 0 Å². The lowest BCUT2D eigenvalue weighted by Crippen LogP contribution is -2.09. The maximum absolute atomic E-state index is 11.4. The average molecular weight is 282 g/mol. The quantitative estimate of drug-likeness (QED) is 0.831. The minimum Gasteiger partial charge on any atom is -0.377 e. The fraction of sp³-hybridized carbons (Fsp3) is 0.231. The van der Waals surface area contributed by atoms with Gasteiger partial charge < -0.3 is 4.90 Å². The topological polar surface area (TPSA) is 46.3 Å². The number of rotatable bonds is 2. The van der Waals surface area contributed by atoms with E-state index in [0.29, 0.717) is 4.90 Å². The number of benzene rings is 2. The molecular formula is C13H18N2OS2. The van der Waals surface area contributed by atoms with Crippen molar-refractivity contribution in [1.29, 1.82) is 0 Å². The highest BCUT2D eigenvalue weighted by atomic mass is 32.2. The molecule has 2 aromatic rings. The van der Waals surface area contributed by atoms with Gasteiger partial charge in [0.25, 0.3) is 0 Å². The van der Waals surface area contributed by atoms with E-state index in [0.717, 1.165) is 16.5 Å². The molecule has 98 valence electrons. The standard InChI is InChI=1S/C12H14N2OS.CH4S/c1-14(2)11-7-3-6-10-9(11)5-4-8-12(10)16(13)15;1-2/h3-8H,13H2,1-2H3;2H,1H3. The summed E-state index contributed by atoms with van der Waals surface area (Å²) in [6.45, 7) is 0. The molecule has 0 saturated heterocycles. The zero-order chi connectivity index (χ0) is 13.7. The van der Waals surface area contributed by atoms with Gasteiger partial charge in [-0.05, 0) is 18.4 Å². The molecule has 2 aromatic carbocycles. The SMILES string of the molecule is CN(C)c1cccc2c(S(N)=O)cccc12.CS. The first kappa shape index (κ1) is 15.0. The third-order valence-corrected chi connectivity index (χ3v) is 3.35. The number of hydrogen-bond donors (Lipinski definition) is 2. The highest BCUT2D eigenvalue weighted by molar-refractivity contribution is 7.83. The van der Waals surface area contributed by atoms with E-state index < -0.39 is 11.0 Å². The average Bonchev–Trinajstić information content (AvgIpc) is 2.39. The van der Waals surface area contributed by atoms with Crippen molar-refractivity contribution in [2.45, 2.75) is 4.90 Å². The highest BCUT2D eigenvalue weighted by Gasteiger charge is 2.08. The smallest absolute Gasteiger partial charge is 0.122 e. The Labute approximate surface area is 116 Å². The molecule has 0 amide bonds. The zero-order valence-electron chi connectivity index (χ0n) is 10.8. The van der Waals surface area contributed by atoms with Crippen molar-refractivity contribution in [2.75, 3.05) is 25.3 Å². The van der Waals surface area contributed by atoms with Crippen molar-refractivity contribution >= 4 is 40.1 Å². The lowest BCUT2D eigenvalue weighted by molar-refractivity contribution is 0.685. The van der Waals surface area contributed by atoms with Gasteiger partial charge in [-0.2, -0.15) is 12.6 Å². The van der Waals surface area contributed by atoms with Crippen LogP contribution in [0.1, 0.15) is 0 Å². The normalized spacial score (nSPS) is 11.6. The van der Waals surface area contributed by atoms with Crippen molar-refractivity contribution in [1.82, 2.24) is 0 Å². The van der Waals surface area contributed by atoms with Crippen molar-refractivity contribution in [3.8, 4) is 0 Å². The minimum absolute atomic E-state index is 0.682. The Kier molecular flexibility index (Phi) is 5.65. The number of nitrogens with zero attached hydrogens (tertiary/aromatic N) is 1. The van der Waals surface area contributed by atoms with Crippen LogP contribution in [0.25, 0.3) is 10.8 Å². The molecule has 1 unspecified atom stereocenters. The molecule has 0 saturated carbocycles. The van der Waals surface area contributed by atoms with Crippen LogP contribution in [0.15, 0.2) is 41.3 Å². The van der Waals surface area contributed by atoms with Crippen LogP contribution in [0.5, 0.6) is 0 Å². The summed E-state index contributed by atoms with van der Waals surface area (Å²) in [5.74, 6) is 0. The van der Waals surface area contributed by atoms with Crippen LogP contribution in [0.2, 0.25) is 0 Å². The summed E-state index contributed by atoms with van der Waals surface area (Å²) in [6, 6.07) is 11.6. The number of fused-ring (bicyclic) bond motifs is 1. The van der Waals surface area contributed by atoms with Gasteiger partial charge in [0.05, 0.1) is 4.90 Å². The minimum atomic E-state index is -1.44. The molecule has 2 N–H and O–H groups in total. The van der Waals surface area contributed by atoms with Crippen LogP contribution in [-0.4, -0.2) is 24.6 Å². The second-order valence-corrected chi connectivity index (χ2v) is 4.85. The number of anilines is 1. The third kappa shape index (κ3) is 3.04. The molecule has 0 aliphatic heterocycles. The van der Waals surface area contributed by atoms with Gasteiger partial charge in [-0.15, -0.1) is 0 Å². The van der Waals surface area contributed by atoms with Crippen molar-refractivity contribution in [3.63, 3.8) is 0 Å². The molecular weight excluding hydrogens is 264 g/mol. The van der Waals surface area contributed by atoms with Crippen LogP contribution >= 0.6 is 12.6 Å². The van der Waals surface area contributed by atoms with Crippen LogP contribution in [0, 0.1) is 0 Å². The predicted molar refractivity (Wildman–Crippen MR) is 83.8 cm³/mol. The largest absolute Gasteiger partial charge is 0.377 e. The first-order chi connectivity index (χ1) is 8.61. The molecule has 0 bridgehead atoms. The van der Waals surface area contributed by atoms with Crippen molar-refractivity contribution in [2.24, 2.45) is 5.14 Å². The molecule has 0 spiro atoms. The first-order valence-corrected chi connectivity index (χ1v) is 7.52. The summed E-state index contributed by atoms with van der Waals surface area (Å²) in [5.41, 5.74) is 1.10. The Morgan fingerprint density at radius 3 is 2.17 bits per heavy atom. The van der Waals surface area contributed by atoms with E-state index >= 15 is 0 Å². The number of nitrogens with two attached hydrogens (primary N) is 1. The maximum atomic E-state index is 11.4. The van der Waals surface area contributed by atoms with E-state index in [4.69, 9.17) is 5.14 Å². The van der Waals surface area contributed by atoms with Gasteiger partial charge in [0.1, 0.15) is 11.0 Å². The Balaban J connectivity index is 0.000000771. The van der Waals surface area contributed by atoms with E-state index in [9.17, 15) is 4.21 Å². The van der Waals surface area contributed by atoms with Gasteiger partial charge in [0.2, 0.25) is 0 Å². The predicted octanol–water partition coefficient (Wildman–Crippen LogP) is 2.43. The maximum Gasteiger partial charge on any atom is 0.122 e. The molecule has 1 atom stereocenters. The second kappa shape index (κ2) is 6.78. The molecule has 0 heterocycles. The van der Waals surface area contributed by atoms with Gasteiger partial charge in [-0.1, -0.05) is 24.3 Å². The Hall–Kier alpha value is -1.04. The molecule has 0 aliphatic carbocycles. The van der Waals surface area contributed by atoms with Crippen molar-refractivity contribution in [3.05, 3.63) is 36.4 Å². The van der Waals surface area contributed by atoms with Crippen LogP contribution in [0.4, 0.5) is 5.69 Å². The second-order valence-electron chi connectivity index (χ2n) is 3.82. The van der Waals surface area contributed by atoms with E-state index in [1.807, 2.05) is 49.3 Å². The van der Waals surface area contributed by atoms with Gasteiger partial charge in [-0.25, -0.2) is 9.35 Å². The summed E-state index contributed by atoms with van der Waals surface area (Å²) in [7, 11) is 2.53. The molecule has 0 aromatic heterocycles. The lowest BCUT2D eigenvalue weighted by Gasteiger charge is -2.16. The van der Waals surface area contributed by atoms with Crippen molar-refractivity contribution < 1.29 is 4.21 Å². The molecule has 18 heavy (non-hydrogen) atoms. The fourth-order valence-electron chi connectivity index (χ4n) is 1.83. The monoisotopic (exact) mass is 282 g/mol. The van der Waals surface area contributed by atoms with E-state index in [2.05, 4.69) is 12.6 Å². The Morgan fingerprint density at radius 1 is 1.06 bits per heavy atom. The Morgan fingerprint density at radius 2 is 1.61 bits per heavy atom. The number of thiol groups is 1. The van der Waals surface area contributed by atoms with Crippen LogP contribution in [-0.2, 0) is 11.0 Å². The van der Waals surface area contributed by atoms with E-state index in [1.54, 1.807) is 12.3 Å². The molecule has 0 radical (unpaired) electrons. The van der Waals surface area contributed by atoms with E-state index in [-0.39, 0.29) is 0 Å². The van der Waals surface area contributed by atoms with Crippen LogP contribution < -0.4 is 10.0 Å². The van der Waals surface area contributed by atoms with E-state index in [1.165, 1.54) is 0 Å². The molecule has 2 rings (SSSR count). The van der Waals surface area contributed by atoms with Gasteiger partial charge in [0.15, 0.2) is 0 Å². The fourth-order valence-corrected chi connectivity index (χ4v) is 2.44. The van der Waals surface area contributed by atoms with Gasteiger partial charge in [0, 0.05) is 30.6 Å². The summed E-state index contributed by atoms with van der Waals surface area (Å²) >= 11 is 3.53. The summed E-state index contributed by atoms with van der Waals surface area (Å²) in [5, 5.41) is 7.49. The zero-order valence-corrected chi connectivity index (χ0v) is 12.5. The molecule has 3 nitrogen and oxygen atoms in total. The van der Waals surface area contributed by atoms with Gasteiger partial charge in [-0.3, -0.25) is 0 Å². The first-order valence-electron chi connectivity index (χ1n) is 5.41. The summed E-state index contributed by atoms with van der Waals surface area (Å²) in [4.78, 5) is 2.71. The highest BCUT2D eigenvalue weighted by Crippen LogP contribution is 2.28. The number of hydrogen-bond acceptors (Lipinski definition) is 3. The van der Waals surface area contributed by atoms with Crippen LogP contribution in [0.3, 0.4) is 0 Å².